The predicted octanol–water partition coefficient (Wildman–Crippen LogP) is 2.40. The van der Waals surface area contributed by atoms with E-state index in [1.165, 1.54) is 12.1 Å². The molecule has 0 bridgehead atoms. The van der Waals surface area contributed by atoms with Crippen LogP contribution < -0.4 is 10.1 Å². The Kier molecular flexibility index (Phi) is 6.65. The number of benzene rings is 1. The molecule has 0 heterocycles. The quantitative estimate of drug-likeness (QED) is 0.790. The molecule has 2 N–H and O–H groups in total. The Hall–Kier alpha value is -1.82. The molecule has 2 unspecified atom stereocenters. The van der Waals surface area contributed by atoms with Gasteiger partial charge in [-0.05, 0) is 25.0 Å². The fourth-order valence-electron chi connectivity index (χ4n) is 2.85. The summed E-state index contributed by atoms with van der Waals surface area (Å²) in [4.78, 5) is 13.6. The van der Waals surface area contributed by atoms with Crippen molar-refractivity contribution in [1.82, 2.24) is 10.2 Å². The largest absolute Gasteiger partial charge is 0.492 e. The second-order valence-electron chi connectivity index (χ2n) is 6.03. The SMILES string of the molecule is CN(CC1CCCCC1O)C(=O)NCCOc1cccc(F)c1. The molecule has 1 aliphatic rings. The van der Waals surface area contributed by atoms with Gasteiger partial charge in [-0.25, -0.2) is 9.18 Å². The van der Waals surface area contributed by atoms with E-state index >= 15 is 0 Å². The molecule has 6 heteroatoms. The molecule has 1 aliphatic carbocycles. The summed E-state index contributed by atoms with van der Waals surface area (Å²) in [6, 6.07) is 5.71. The smallest absolute Gasteiger partial charge is 0.317 e. The number of nitrogens with zero attached hydrogens (tertiary/aromatic N) is 1. The first-order chi connectivity index (χ1) is 11.1. The standard InChI is InChI=1S/C17H25FN2O3/c1-20(12-13-5-2-3-8-16(13)21)17(22)19-9-10-23-15-7-4-6-14(18)11-15/h4,6-7,11,13,16,21H,2-3,5,8-10,12H2,1H3,(H,19,22). The van der Waals surface area contributed by atoms with Gasteiger partial charge in [0.2, 0.25) is 0 Å². The van der Waals surface area contributed by atoms with Crippen molar-refractivity contribution in [3.05, 3.63) is 30.1 Å². The summed E-state index contributed by atoms with van der Waals surface area (Å²) in [5, 5.41) is 12.7. The van der Waals surface area contributed by atoms with Gasteiger partial charge in [-0.2, -0.15) is 0 Å². The minimum Gasteiger partial charge on any atom is -0.492 e. The molecular formula is C17H25FN2O3. The predicted molar refractivity (Wildman–Crippen MR) is 85.9 cm³/mol. The van der Waals surface area contributed by atoms with Crippen molar-refractivity contribution < 1.29 is 19.0 Å². The van der Waals surface area contributed by atoms with Crippen LogP contribution in [-0.2, 0) is 0 Å². The van der Waals surface area contributed by atoms with Crippen molar-refractivity contribution in [1.29, 1.82) is 0 Å². The number of ether oxygens (including phenoxy) is 1. The molecule has 23 heavy (non-hydrogen) atoms. The molecule has 2 rings (SSSR count). The zero-order valence-electron chi connectivity index (χ0n) is 13.5. The minimum atomic E-state index is -0.350. The maximum atomic E-state index is 13.0. The molecule has 0 spiro atoms. The van der Waals surface area contributed by atoms with E-state index in [9.17, 15) is 14.3 Å². The summed E-state index contributed by atoms with van der Waals surface area (Å²) < 4.78 is 18.4. The molecule has 0 aromatic heterocycles. The highest BCUT2D eigenvalue weighted by atomic mass is 19.1. The highest BCUT2D eigenvalue weighted by Gasteiger charge is 2.25. The Morgan fingerprint density at radius 3 is 2.96 bits per heavy atom. The molecule has 0 saturated heterocycles. The van der Waals surface area contributed by atoms with Crippen LogP contribution in [0.2, 0.25) is 0 Å². The van der Waals surface area contributed by atoms with Crippen molar-refractivity contribution >= 4 is 6.03 Å². The van der Waals surface area contributed by atoms with Crippen molar-refractivity contribution in [3.63, 3.8) is 0 Å². The van der Waals surface area contributed by atoms with E-state index in [1.54, 1.807) is 24.1 Å². The minimum absolute atomic E-state index is 0.156. The van der Waals surface area contributed by atoms with Crippen LogP contribution in [0.25, 0.3) is 0 Å². The lowest BCUT2D eigenvalue weighted by Crippen LogP contribution is -2.43. The van der Waals surface area contributed by atoms with E-state index in [2.05, 4.69) is 5.32 Å². The molecule has 1 fully saturated rings. The summed E-state index contributed by atoms with van der Waals surface area (Å²) in [6.07, 6.45) is 3.64. The van der Waals surface area contributed by atoms with Crippen LogP contribution in [0.3, 0.4) is 0 Å². The molecule has 1 aromatic carbocycles. The number of rotatable bonds is 6. The van der Waals surface area contributed by atoms with E-state index in [1.807, 2.05) is 0 Å². The Balaban J connectivity index is 1.65. The summed E-state index contributed by atoms with van der Waals surface area (Å²) in [5.41, 5.74) is 0. The number of urea groups is 1. The molecule has 1 saturated carbocycles. The molecule has 2 atom stereocenters. The fourth-order valence-corrected chi connectivity index (χ4v) is 2.85. The summed E-state index contributed by atoms with van der Waals surface area (Å²) in [7, 11) is 1.73. The molecular weight excluding hydrogens is 299 g/mol. The summed E-state index contributed by atoms with van der Waals surface area (Å²) in [6.45, 7) is 1.17. The monoisotopic (exact) mass is 324 g/mol. The third kappa shape index (κ3) is 5.71. The van der Waals surface area contributed by atoms with Gasteiger partial charge in [0, 0.05) is 25.6 Å². The summed E-state index contributed by atoms with van der Waals surface area (Å²) >= 11 is 0. The van der Waals surface area contributed by atoms with Crippen molar-refractivity contribution in [2.45, 2.75) is 31.8 Å². The lowest BCUT2D eigenvalue weighted by atomic mass is 9.86. The lowest BCUT2D eigenvalue weighted by molar-refractivity contribution is 0.0564. The average Bonchev–Trinajstić information content (AvgIpc) is 2.53. The topological polar surface area (TPSA) is 61.8 Å². The van der Waals surface area contributed by atoms with Crippen LogP contribution in [-0.4, -0.2) is 48.9 Å². The Morgan fingerprint density at radius 2 is 2.22 bits per heavy atom. The first kappa shape index (κ1) is 17.5. The van der Waals surface area contributed by atoms with Gasteiger partial charge in [0.15, 0.2) is 0 Å². The van der Waals surface area contributed by atoms with Crippen LogP contribution in [0, 0.1) is 11.7 Å². The number of aliphatic hydroxyl groups excluding tert-OH is 1. The summed E-state index contributed by atoms with van der Waals surface area (Å²) in [5.74, 6) is 0.248. The van der Waals surface area contributed by atoms with Gasteiger partial charge in [0.25, 0.3) is 0 Å². The van der Waals surface area contributed by atoms with Crippen molar-refractivity contribution in [2.75, 3.05) is 26.7 Å². The highest BCUT2D eigenvalue weighted by molar-refractivity contribution is 5.73. The van der Waals surface area contributed by atoms with Crippen LogP contribution >= 0.6 is 0 Å². The van der Waals surface area contributed by atoms with E-state index in [4.69, 9.17) is 4.74 Å². The first-order valence-corrected chi connectivity index (χ1v) is 8.11. The number of hydrogen-bond donors (Lipinski definition) is 2. The normalized spacial score (nSPS) is 20.8. The van der Waals surface area contributed by atoms with Crippen molar-refractivity contribution in [3.8, 4) is 5.75 Å². The third-order valence-corrected chi connectivity index (χ3v) is 4.17. The second-order valence-corrected chi connectivity index (χ2v) is 6.03. The second kappa shape index (κ2) is 8.72. The van der Waals surface area contributed by atoms with E-state index in [0.717, 1.165) is 25.7 Å². The maximum absolute atomic E-state index is 13.0. The van der Waals surface area contributed by atoms with Crippen LogP contribution in [0.15, 0.2) is 24.3 Å². The number of carbonyl (C=O) groups excluding carboxylic acids is 1. The third-order valence-electron chi connectivity index (χ3n) is 4.17. The Morgan fingerprint density at radius 1 is 1.43 bits per heavy atom. The maximum Gasteiger partial charge on any atom is 0.317 e. The molecule has 2 amide bonds. The molecule has 0 radical (unpaired) electrons. The number of carbonyl (C=O) groups is 1. The number of nitrogens with one attached hydrogen (secondary N) is 1. The van der Waals surface area contributed by atoms with Gasteiger partial charge in [-0.15, -0.1) is 0 Å². The molecule has 0 aliphatic heterocycles. The van der Waals surface area contributed by atoms with Crippen LogP contribution in [0.4, 0.5) is 9.18 Å². The average molecular weight is 324 g/mol. The van der Waals surface area contributed by atoms with Gasteiger partial charge < -0.3 is 20.1 Å². The van der Waals surface area contributed by atoms with Crippen LogP contribution in [0.5, 0.6) is 5.75 Å². The highest BCUT2D eigenvalue weighted by Crippen LogP contribution is 2.24. The molecule has 1 aromatic rings. The Labute approximate surface area is 136 Å². The van der Waals surface area contributed by atoms with E-state index in [0.29, 0.717) is 18.8 Å². The van der Waals surface area contributed by atoms with Crippen LogP contribution in [0.1, 0.15) is 25.7 Å². The number of hydrogen-bond acceptors (Lipinski definition) is 3. The van der Waals surface area contributed by atoms with Gasteiger partial charge in [0.1, 0.15) is 18.2 Å². The zero-order chi connectivity index (χ0) is 16.7. The van der Waals surface area contributed by atoms with Gasteiger partial charge in [0.05, 0.1) is 12.6 Å². The number of aliphatic hydroxyl groups is 1. The fraction of sp³-hybridized carbons (Fsp3) is 0.588. The van der Waals surface area contributed by atoms with Gasteiger partial charge in [-0.1, -0.05) is 18.9 Å². The molecule has 128 valence electrons. The van der Waals surface area contributed by atoms with Gasteiger partial charge in [-0.3, -0.25) is 0 Å². The van der Waals surface area contributed by atoms with Crippen molar-refractivity contribution in [2.24, 2.45) is 5.92 Å². The zero-order valence-corrected chi connectivity index (χ0v) is 13.5. The Bertz CT molecular complexity index is 512. The molecule has 5 nitrogen and oxygen atoms in total. The number of amides is 2. The van der Waals surface area contributed by atoms with Gasteiger partial charge >= 0.3 is 6.03 Å². The van der Waals surface area contributed by atoms with E-state index < -0.39 is 0 Å². The number of halogens is 1. The lowest BCUT2D eigenvalue weighted by Gasteiger charge is -2.31. The first-order valence-electron chi connectivity index (χ1n) is 8.11. The van der Waals surface area contributed by atoms with E-state index in [-0.39, 0.29) is 30.5 Å².